The van der Waals surface area contributed by atoms with Gasteiger partial charge in [-0.25, -0.2) is 0 Å². The summed E-state index contributed by atoms with van der Waals surface area (Å²) in [5, 5.41) is 15.4. The van der Waals surface area contributed by atoms with E-state index in [1.165, 1.54) is 92.4 Å². The summed E-state index contributed by atoms with van der Waals surface area (Å²) in [7, 11) is 2.24. The lowest BCUT2D eigenvalue weighted by Crippen LogP contribution is -2.06. The van der Waals surface area contributed by atoms with Crippen LogP contribution in [0.5, 0.6) is 0 Å². The van der Waals surface area contributed by atoms with Gasteiger partial charge in [0.2, 0.25) is 0 Å². The Hall–Kier alpha value is -4.62. The molecule has 0 aliphatic heterocycles. The van der Waals surface area contributed by atoms with Crippen LogP contribution < -0.4 is 10.7 Å². The molecule has 0 amide bonds. The summed E-state index contributed by atoms with van der Waals surface area (Å²) in [5.74, 6) is 0. The molecular weight excluding hydrogens is 467 g/mol. The van der Waals surface area contributed by atoms with Crippen molar-refractivity contribution in [3.63, 3.8) is 0 Å². The van der Waals surface area contributed by atoms with Crippen molar-refractivity contribution < 1.29 is 0 Å². The van der Waals surface area contributed by atoms with E-state index >= 15 is 0 Å². The zero-order valence-electron chi connectivity index (χ0n) is 21.9. The minimum absolute atomic E-state index is 1.08. The number of rotatable bonds is 2. The van der Waals surface area contributed by atoms with E-state index in [0.29, 0.717) is 0 Å². The molecule has 0 atom stereocenters. The van der Waals surface area contributed by atoms with Crippen LogP contribution in [0.4, 0.5) is 0 Å². The predicted octanol–water partition coefficient (Wildman–Crippen LogP) is 7.93. The number of aryl methyl sites for hydroxylation is 1. The third-order valence-electron chi connectivity index (χ3n) is 9.15. The SMILES string of the molecule is Bc1ccc2c3c(-c4ccccc4)c4c5c6c(cccc6c4c(-c4ccccc4)c3c3cccc1c23)=CCC5. The van der Waals surface area contributed by atoms with Crippen LogP contribution in [0, 0.1) is 0 Å². The minimum Gasteiger partial charge on any atom is -0.0812 e. The summed E-state index contributed by atoms with van der Waals surface area (Å²) in [6, 6.07) is 40.8. The quantitative estimate of drug-likeness (QED) is 0.215. The molecule has 1 aliphatic rings. The maximum atomic E-state index is 2.44. The van der Waals surface area contributed by atoms with Crippen LogP contribution in [0.3, 0.4) is 0 Å². The Labute approximate surface area is 227 Å². The average Bonchev–Trinajstić information content (AvgIpc) is 3.50. The average molecular weight is 492 g/mol. The molecule has 8 aromatic carbocycles. The third kappa shape index (κ3) is 2.70. The van der Waals surface area contributed by atoms with E-state index in [1.807, 2.05) is 0 Å². The van der Waals surface area contributed by atoms with Gasteiger partial charge in [-0.3, -0.25) is 0 Å². The normalized spacial score (nSPS) is 13.2. The predicted molar refractivity (Wildman–Crippen MR) is 172 cm³/mol. The van der Waals surface area contributed by atoms with E-state index in [2.05, 4.69) is 123 Å². The molecule has 0 aromatic heterocycles. The molecule has 0 N–H and O–H groups in total. The van der Waals surface area contributed by atoms with Gasteiger partial charge in [-0.05, 0) is 99.7 Å². The highest BCUT2D eigenvalue weighted by molar-refractivity contribution is 6.47. The highest BCUT2D eigenvalue weighted by atomic mass is 14.3. The van der Waals surface area contributed by atoms with Crippen LogP contribution in [0.2, 0.25) is 0 Å². The Morgan fingerprint density at radius 2 is 1.00 bits per heavy atom. The van der Waals surface area contributed by atoms with E-state index in [-0.39, 0.29) is 0 Å². The lowest BCUT2D eigenvalue weighted by Gasteiger charge is -2.16. The summed E-state index contributed by atoms with van der Waals surface area (Å²) in [4.78, 5) is 0. The van der Waals surface area contributed by atoms with Crippen LogP contribution in [-0.4, -0.2) is 7.85 Å². The van der Waals surface area contributed by atoms with Crippen molar-refractivity contribution in [2.45, 2.75) is 12.8 Å². The first-order valence-corrected chi connectivity index (χ1v) is 14.0. The van der Waals surface area contributed by atoms with Crippen LogP contribution in [0.1, 0.15) is 12.0 Å². The molecule has 0 unspecified atom stereocenters. The molecule has 0 spiro atoms. The number of fused-ring (bicyclic) bond motifs is 6. The fourth-order valence-electron chi connectivity index (χ4n) is 7.65. The van der Waals surface area contributed by atoms with Crippen LogP contribution >= 0.6 is 0 Å². The number of hydrogen-bond acceptors (Lipinski definition) is 0. The Balaban J connectivity index is 1.71. The zero-order chi connectivity index (χ0) is 25.7. The van der Waals surface area contributed by atoms with Gasteiger partial charge < -0.3 is 0 Å². The lowest BCUT2D eigenvalue weighted by molar-refractivity contribution is 1.05. The Bertz CT molecular complexity index is 2310. The van der Waals surface area contributed by atoms with Gasteiger partial charge in [0.1, 0.15) is 7.85 Å². The molecule has 39 heavy (non-hydrogen) atoms. The largest absolute Gasteiger partial charge is 0.140 e. The van der Waals surface area contributed by atoms with Crippen LogP contribution in [0.25, 0.3) is 82.2 Å². The number of benzene rings is 6. The summed E-state index contributed by atoms with van der Waals surface area (Å²) < 4.78 is 0. The standard InChI is InChI=1S/C38H25B/c39-30-21-20-29-34-25(30)16-9-19-28(34)37-32(23-10-3-1-4-11-23)35-26-17-7-14-22-15-8-18-27(31(22)26)36(35)33(38(29)37)24-12-5-2-6-13-24/h1-7,9-17,19-21H,8,18,39H2. The first-order valence-electron chi connectivity index (χ1n) is 14.0. The van der Waals surface area contributed by atoms with Crippen molar-refractivity contribution in [1.82, 2.24) is 0 Å². The second-order valence-electron chi connectivity index (χ2n) is 11.1. The Morgan fingerprint density at radius 3 is 1.72 bits per heavy atom. The monoisotopic (exact) mass is 492 g/mol. The fraction of sp³-hybridized carbons (Fsp3) is 0.0526. The molecular formula is C38H25B. The second-order valence-corrected chi connectivity index (χ2v) is 11.1. The molecule has 0 bridgehead atoms. The van der Waals surface area contributed by atoms with Gasteiger partial charge in [0.15, 0.2) is 0 Å². The van der Waals surface area contributed by atoms with Gasteiger partial charge >= 0.3 is 0 Å². The first kappa shape index (κ1) is 21.3. The van der Waals surface area contributed by atoms with Gasteiger partial charge in [0.25, 0.3) is 0 Å². The first-order chi connectivity index (χ1) is 19.3. The summed E-state index contributed by atoms with van der Waals surface area (Å²) in [5.41, 5.74) is 8.26. The summed E-state index contributed by atoms with van der Waals surface area (Å²) in [6.07, 6.45) is 4.61. The van der Waals surface area contributed by atoms with E-state index in [9.17, 15) is 0 Å². The summed E-state index contributed by atoms with van der Waals surface area (Å²) in [6.45, 7) is 0. The molecule has 8 aromatic rings. The van der Waals surface area contributed by atoms with Gasteiger partial charge in [-0.1, -0.05) is 121 Å². The number of hydrogen-bond donors (Lipinski definition) is 0. The van der Waals surface area contributed by atoms with Gasteiger partial charge in [-0.2, -0.15) is 0 Å². The van der Waals surface area contributed by atoms with Crippen LogP contribution in [0.15, 0.2) is 109 Å². The minimum atomic E-state index is 1.08. The molecule has 0 fully saturated rings. The van der Waals surface area contributed by atoms with Crippen molar-refractivity contribution in [2.24, 2.45) is 0 Å². The maximum absolute atomic E-state index is 2.44. The molecule has 1 heteroatoms. The van der Waals surface area contributed by atoms with Crippen molar-refractivity contribution >= 4 is 73.2 Å². The highest BCUT2D eigenvalue weighted by Crippen LogP contribution is 2.54. The Morgan fingerprint density at radius 1 is 0.436 bits per heavy atom. The van der Waals surface area contributed by atoms with E-state index in [1.54, 1.807) is 0 Å². The molecule has 0 radical (unpaired) electrons. The van der Waals surface area contributed by atoms with E-state index in [4.69, 9.17) is 0 Å². The molecule has 0 saturated carbocycles. The molecule has 0 saturated heterocycles. The van der Waals surface area contributed by atoms with Gasteiger partial charge in [0, 0.05) is 0 Å². The fourth-order valence-corrected chi connectivity index (χ4v) is 7.65. The van der Waals surface area contributed by atoms with Gasteiger partial charge in [-0.15, -0.1) is 0 Å². The van der Waals surface area contributed by atoms with Crippen molar-refractivity contribution in [3.05, 3.63) is 120 Å². The molecule has 1 aliphatic carbocycles. The maximum Gasteiger partial charge on any atom is 0.140 e. The van der Waals surface area contributed by atoms with Crippen molar-refractivity contribution in [2.75, 3.05) is 0 Å². The van der Waals surface area contributed by atoms with Crippen LogP contribution in [-0.2, 0) is 6.42 Å². The zero-order valence-corrected chi connectivity index (χ0v) is 21.9. The Kier molecular flexibility index (Phi) is 4.22. The van der Waals surface area contributed by atoms with E-state index in [0.717, 1.165) is 12.8 Å². The van der Waals surface area contributed by atoms with E-state index < -0.39 is 0 Å². The lowest BCUT2D eigenvalue weighted by atomic mass is 9.86. The molecule has 9 rings (SSSR count). The van der Waals surface area contributed by atoms with Gasteiger partial charge in [0.05, 0.1) is 0 Å². The molecule has 0 nitrogen and oxygen atoms in total. The third-order valence-corrected chi connectivity index (χ3v) is 9.15. The highest BCUT2D eigenvalue weighted by Gasteiger charge is 2.28. The smallest absolute Gasteiger partial charge is 0.0812 e. The van der Waals surface area contributed by atoms with Crippen molar-refractivity contribution in [3.8, 4) is 22.3 Å². The summed E-state index contributed by atoms with van der Waals surface area (Å²) >= 11 is 0. The second kappa shape index (κ2) is 7.71. The molecule has 0 heterocycles. The van der Waals surface area contributed by atoms with Crippen molar-refractivity contribution in [1.29, 1.82) is 0 Å². The topological polar surface area (TPSA) is 0 Å². The molecule has 180 valence electrons.